The Kier molecular flexibility index (Phi) is 7.43. The molecule has 0 bridgehead atoms. The van der Waals surface area contributed by atoms with Gasteiger partial charge in [0.25, 0.3) is 0 Å². The third-order valence-electron chi connectivity index (χ3n) is 6.14. The molecule has 0 saturated heterocycles. The Morgan fingerprint density at radius 2 is 1.58 bits per heavy atom. The first-order valence-corrected chi connectivity index (χ1v) is 11.6. The molecule has 0 amide bonds. The fourth-order valence-corrected chi connectivity index (χ4v) is 4.07. The Labute approximate surface area is 210 Å². The van der Waals surface area contributed by atoms with Crippen LogP contribution < -0.4 is 15.2 Å². The second kappa shape index (κ2) is 10.9. The molecule has 0 fully saturated rings. The maximum Gasteiger partial charge on any atom is 0.158 e. The predicted molar refractivity (Wildman–Crippen MR) is 139 cm³/mol. The molecule has 0 saturated carbocycles. The van der Waals surface area contributed by atoms with Gasteiger partial charge in [-0.3, -0.25) is 0 Å². The summed E-state index contributed by atoms with van der Waals surface area (Å²) < 4.78 is 12.3. The van der Waals surface area contributed by atoms with Crippen molar-refractivity contribution in [2.24, 2.45) is 5.73 Å². The molecule has 0 heterocycles. The lowest BCUT2D eigenvalue weighted by molar-refractivity contribution is 0.286. The van der Waals surface area contributed by atoms with Crippen LogP contribution in [-0.4, -0.2) is 10.2 Å². The van der Waals surface area contributed by atoms with Crippen LogP contribution in [0.15, 0.2) is 72.8 Å². The topological polar surface area (TPSA) is 109 Å². The zero-order chi connectivity index (χ0) is 25.7. The summed E-state index contributed by atoms with van der Waals surface area (Å²) in [5, 5.41) is 28.7. The van der Waals surface area contributed by atoms with E-state index in [9.17, 15) is 10.2 Å². The van der Waals surface area contributed by atoms with E-state index in [0.717, 1.165) is 38.9 Å². The maximum atomic E-state index is 9.91. The summed E-state index contributed by atoms with van der Waals surface area (Å²) in [4.78, 5) is 0. The standard InChI is InChI=1S/C30H28N2O4/c1-19-11-25(16-32)30(35-17-22-6-3-5-21(12-22)15-31)14-29(19)36-18-24-7-4-8-26(20(24)2)23-9-10-27(33)28(34)13-23/h3-14,33-34H,16-18,32H2,1-2H3. The fraction of sp³-hybridized carbons (Fsp3) is 0.167. The van der Waals surface area contributed by atoms with E-state index in [2.05, 4.69) is 6.07 Å². The number of phenols is 2. The van der Waals surface area contributed by atoms with Gasteiger partial charge in [0, 0.05) is 18.2 Å². The molecule has 4 N–H and O–H groups in total. The van der Waals surface area contributed by atoms with Gasteiger partial charge in [-0.15, -0.1) is 0 Å². The number of nitriles is 1. The fourth-order valence-electron chi connectivity index (χ4n) is 4.07. The largest absolute Gasteiger partial charge is 0.504 e. The van der Waals surface area contributed by atoms with E-state index in [1.165, 1.54) is 6.07 Å². The van der Waals surface area contributed by atoms with Crippen molar-refractivity contribution in [2.45, 2.75) is 33.6 Å². The van der Waals surface area contributed by atoms with Crippen molar-refractivity contribution in [3.8, 4) is 40.2 Å². The lowest BCUT2D eigenvalue weighted by Crippen LogP contribution is -2.06. The molecule has 0 radical (unpaired) electrons. The predicted octanol–water partition coefficient (Wildman–Crippen LogP) is 5.87. The Morgan fingerprint density at radius 3 is 2.33 bits per heavy atom. The first kappa shape index (κ1) is 24.6. The number of rotatable bonds is 8. The molecule has 4 rings (SSSR count). The number of aromatic hydroxyl groups is 2. The summed E-state index contributed by atoms with van der Waals surface area (Å²) in [7, 11) is 0. The molecular weight excluding hydrogens is 452 g/mol. The van der Waals surface area contributed by atoms with E-state index >= 15 is 0 Å². The van der Waals surface area contributed by atoms with E-state index in [4.69, 9.17) is 20.5 Å². The van der Waals surface area contributed by atoms with Gasteiger partial charge in [-0.05, 0) is 77.6 Å². The molecular formula is C30H28N2O4. The highest BCUT2D eigenvalue weighted by molar-refractivity contribution is 5.71. The molecule has 0 aliphatic carbocycles. The normalized spacial score (nSPS) is 10.6. The number of nitrogens with two attached hydrogens (primary N) is 1. The Balaban J connectivity index is 1.54. The third kappa shape index (κ3) is 5.43. The molecule has 4 aromatic rings. The highest BCUT2D eigenvalue weighted by atomic mass is 16.5. The minimum Gasteiger partial charge on any atom is -0.504 e. The lowest BCUT2D eigenvalue weighted by atomic mass is 9.96. The number of benzene rings is 4. The zero-order valence-electron chi connectivity index (χ0n) is 20.3. The van der Waals surface area contributed by atoms with Crippen LogP contribution in [0.5, 0.6) is 23.0 Å². The molecule has 4 aromatic carbocycles. The number of hydrogen-bond acceptors (Lipinski definition) is 6. The Morgan fingerprint density at radius 1 is 0.806 bits per heavy atom. The van der Waals surface area contributed by atoms with Crippen LogP contribution in [0, 0.1) is 25.2 Å². The van der Waals surface area contributed by atoms with Crippen LogP contribution in [0.2, 0.25) is 0 Å². The van der Waals surface area contributed by atoms with E-state index in [1.54, 1.807) is 24.3 Å². The van der Waals surface area contributed by atoms with Crippen molar-refractivity contribution in [1.29, 1.82) is 5.26 Å². The highest BCUT2D eigenvalue weighted by Crippen LogP contribution is 2.34. The second-order valence-corrected chi connectivity index (χ2v) is 8.61. The number of aryl methyl sites for hydroxylation is 1. The number of phenolic OH excluding ortho intramolecular Hbond substituents is 2. The molecule has 6 nitrogen and oxygen atoms in total. The molecule has 0 spiro atoms. The molecule has 0 atom stereocenters. The minimum absolute atomic E-state index is 0.150. The van der Waals surface area contributed by atoms with Gasteiger partial charge in [-0.1, -0.05) is 36.4 Å². The van der Waals surface area contributed by atoms with Gasteiger partial charge in [0.05, 0.1) is 11.6 Å². The molecule has 6 heteroatoms. The number of ether oxygens (including phenoxy) is 2. The van der Waals surface area contributed by atoms with Crippen molar-refractivity contribution in [3.05, 3.63) is 106 Å². The van der Waals surface area contributed by atoms with Crippen LogP contribution in [-0.2, 0) is 19.8 Å². The smallest absolute Gasteiger partial charge is 0.158 e. The van der Waals surface area contributed by atoms with Gasteiger partial charge in [0.2, 0.25) is 0 Å². The van der Waals surface area contributed by atoms with Gasteiger partial charge < -0.3 is 25.4 Å². The van der Waals surface area contributed by atoms with E-state index in [0.29, 0.717) is 36.8 Å². The first-order chi connectivity index (χ1) is 17.4. The van der Waals surface area contributed by atoms with Crippen LogP contribution >= 0.6 is 0 Å². The first-order valence-electron chi connectivity index (χ1n) is 11.6. The van der Waals surface area contributed by atoms with E-state index in [-0.39, 0.29) is 11.5 Å². The van der Waals surface area contributed by atoms with Gasteiger partial charge in [0.15, 0.2) is 11.5 Å². The summed E-state index contributed by atoms with van der Waals surface area (Å²) in [6, 6.07) is 24.0. The van der Waals surface area contributed by atoms with Crippen LogP contribution in [0.3, 0.4) is 0 Å². The average Bonchev–Trinajstić information content (AvgIpc) is 2.89. The van der Waals surface area contributed by atoms with Gasteiger partial charge >= 0.3 is 0 Å². The van der Waals surface area contributed by atoms with Crippen molar-refractivity contribution in [2.75, 3.05) is 0 Å². The quantitative estimate of drug-likeness (QED) is 0.272. The number of hydrogen-bond donors (Lipinski definition) is 3. The van der Waals surface area contributed by atoms with Gasteiger partial charge in [0.1, 0.15) is 24.7 Å². The van der Waals surface area contributed by atoms with Gasteiger partial charge in [-0.25, -0.2) is 0 Å². The second-order valence-electron chi connectivity index (χ2n) is 8.61. The number of nitrogens with zero attached hydrogens (tertiary/aromatic N) is 1. The average molecular weight is 481 g/mol. The van der Waals surface area contributed by atoms with Crippen LogP contribution in [0.25, 0.3) is 11.1 Å². The molecule has 0 aromatic heterocycles. The van der Waals surface area contributed by atoms with Gasteiger partial charge in [-0.2, -0.15) is 5.26 Å². The molecule has 36 heavy (non-hydrogen) atoms. The minimum atomic E-state index is -0.156. The molecule has 0 aliphatic heterocycles. The Bertz CT molecular complexity index is 1440. The van der Waals surface area contributed by atoms with Crippen LogP contribution in [0.1, 0.15) is 33.4 Å². The maximum absolute atomic E-state index is 9.91. The SMILES string of the molecule is Cc1cc(CN)c(OCc2cccc(C#N)c2)cc1OCc1cccc(-c2ccc(O)c(O)c2)c1C. The summed E-state index contributed by atoms with van der Waals surface area (Å²) >= 11 is 0. The monoisotopic (exact) mass is 480 g/mol. The van der Waals surface area contributed by atoms with E-state index < -0.39 is 0 Å². The summed E-state index contributed by atoms with van der Waals surface area (Å²) in [6.07, 6.45) is 0. The summed E-state index contributed by atoms with van der Waals surface area (Å²) in [6.45, 7) is 4.96. The molecule has 0 aliphatic rings. The van der Waals surface area contributed by atoms with Crippen molar-refractivity contribution in [1.82, 2.24) is 0 Å². The summed E-state index contributed by atoms with van der Waals surface area (Å²) in [5.41, 5.74) is 13.1. The Hall–Kier alpha value is -4.47. The molecule has 0 unspecified atom stereocenters. The van der Waals surface area contributed by atoms with Crippen molar-refractivity contribution < 1.29 is 19.7 Å². The van der Waals surface area contributed by atoms with Crippen LogP contribution in [0.4, 0.5) is 0 Å². The lowest BCUT2D eigenvalue weighted by Gasteiger charge is -2.17. The molecule has 182 valence electrons. The van der Waals surface area contributed by atoms with E-state index in [1.807, 2.05) is 56.3 Å². The summed E-state index contributed by atoms with van der Waals surface area (Å²) in [5.74, 6) is 1.03. The van der Waals surface area contributed by atoms with Crippen molar-refractivity contribution >= 4 is 0 Å². The van der Waals surface area contributed by atoms with Crippen molar-refractivity contribution in [3.63, 3.8) is 0 Å². The zero-order valence-corrected chi connectivity index (χ0v) is 20.3. The third-order valence-corrected chi connectivity index (χ3v) is 6.14. The highest BCUT2D eigenvalue weighted by Gasteiger charge is 2.13.